The number of hydrogen-bond donors (Lipinski definition) is 1. The van der Waals surface area contributed by atoms with Gasteiger partial charge in [-0.05, 0) is 31.5 Å². The van der Waals surface area contributed by atoms with Crippen LogP contribution in [0.25, 0.3) is 0 Å². The molecule has 90 valence electrons. The zero-order valence-electron chi connectivity index (χ0n) is 9.66. The Balaban J connectivity index is 2.07. The SMILES string of the molecule is Cc1nc(SCc2ccc(Cl)cc2N)oc1C. The topological polar surface area (TPSA) is 52.0 Å². The molecule has 17 heavy (non-hydrogen) atoms. The lowest BCUT2D eigenvalue weighted by molar-refractivity contribution is 0.431. The van der Waals surface area contributed by atoms with Crippen molar-refractivity contribution in [2.24, 2.45) is 0 Å². The monoisotopic (exact) mass is 268 g/mol. The maximum Gasteiger partial charge on any atom is 0.256 e. The number of rotatable bonds is 3. The third-order valence-corrected chi connectivity index (χ3v) is 3.58. The summed E-state index contributed by atoms with van der Waals surface area (Å²) in [5.41, 5.74) is 8.53. The minimum atomic E-state index is 0.652. The molecule has 0 radical (unpaired) electrons. The minimum Gasteiger partial charge on any atom is -0.437 e. The van der Waals surface area contributed by atoms with Crippen LogP contribution in [0.2, 0.25) is 5.02 Å². The maximum atomic E-state index is 5.87. The summed E-state index contributed by atoms with van der Waals surface area (Å²) in [6.45, 7) is 3.84. The van der Waals surface area contributed by atoms with E-state index in [1.165, 1.54) is 11.8 Å². The van der Waals surface area contributed by atoms with Gasteiger partial charge in [-0.1, -0.05) is 29.4 Å². The Morgan fingerprint density at radius 3 is 2.76 bits per heavy atom. The van der Waals surface area contributed by atoms with Crippen molar-refractivity contribution < 1.29 is 4.42 Å². The number of hydrogen-bond acceptors (Lipinski definition) is 4. The standard InChI is InChI=1S/C12H13ClN2OS/c1-7-8(2)16-12(15-7)17-6-9-3-4-10(13)5-11(9)14/h3-5H,6,14H2,1-2H3. The normalized spacial score (nSPS) is 10.8. The highest BCUT2D eigenvalue weighted by molar-refractivity contribution is 7.98. The summed E-state index contributed by atoms with van der Waals surface area (Å²) in [6, 6.07) is 5.51. The number of nitrogens with zero attached hydrogens (tertiary/aromatic N) is 1. The molecule has 0 unspecified atom stereocenters. The highest BCUT2D eigenvalue weighted by Crippen LogP contribution is 2.27. The highest BCUT2D eigenvalue weighted by atomic mass is 35.5. The first kappa shape index (κ1) is 12.3. The van der Waals surface area contributed by atoms with E-state index in [1.807, 2.05) is 26.0 Å². The zero-order valence-corrected chi connectivity index (χ0v) is 11.2. The first-order valence-corrected chi connectivity index (χ1v) is 6.53. The molecule has 2 N–H and O–H groups in total. The molecule has 0 amide bonds. The first-order chi connectivity index (χ1) is 8.06. The van der Waals surface area contributed by atoms with Gasteiger partial charge in [0.05, 0.1) is 5.69 Å². The van der Waals surface area contributed by atoms with Crippen molar-refractivity contribution >= 4 is 29.1 Å². The van der Waals surface area contributed by atoms with Crippen LogP contribution in [0.3, 0.4) is 0 Å². The summed E-state index contributed by atoms with van der Waals surface area (Å²) in [7, 11) is 0. The molecule has 2 rings (SSSR count). The fourth-order valence-electron chi connectivity index (χ4n) is 1.34. The molecule has 3 nitrogen and oxygen atoms in total. The number of aryl methyl sites for hydroxylation is 2. The second kappa shape index (κ2) is 5.02. The predicted octanol–water partition coefficient (Wildman–Crippen LogP) is 3.82. The number of aromatic nitrogens is 1. The second-order valence-corrected chi connectivity index (χ2v) is 5.12. The third kappa shape index (κ3) is 2.96. The molecule has 0 saturated carbocycles. The van der Waals surface area contributed by atoms with E-state index < -0.39 is 0 Å². The molecule has 0 aliphatic heterocycles. The third-order valence-electron chi connectivity index (χ3n) is 2.47. The summed E-state index contributed by atoms with van der Waals surface area (Å²) in [5, 5.41) is 1.33. The van der Waals surface area contributed by atoms with Crippen LogP contribution in [0.5, 0.6) is 0 Å². The summed E-state index contributed by atoms with van der Waals surface area (Å²) in [6.07, 6.45) is 0. The van der Waals surface area contributed by atoms with E-state index in [9.17, 15) is 0 Å². The van der Waals surface area contributed by atoms with Crippen LogP contribution in [0.1, 0.15) is 17.0 Å². The molecule has 2 aromatic rings. The van der Waals surface area contributed by atoms with Crippen LogP contribution in [0.15, 0.2) is 27.8 Å². The van der Waals surface area contributed by atoms with Gasteiger partial charge in [0.15, 0.2) is 0 Å². The second-order valence-electron chi connectivity index (χ2n) is 3.75. The maximum absolute atomic E-state index is 5.87. The Labute approximate surface area is 109 Å². The number of nitrogen functional groups attached to an aromatic ring is 1. The van der Waals surface area contributed by atoms with Crippen molar-refractivity contribution in [2.45, 2.75) is 24.8 Å². The van der Waals surface area contributed by atoms with Gasteiger partial charge < -0.3 is 10.2 Å². The average molecular weight is 269 g/mol. The van der Waals surface area contributed by atoms with Gasteiger partial charge >= 0.3 is 0 Å². The van der Waals surface area contributed by atoms with E-state index in [2.05, 4.69) is 4.98 Å². The van der Waals surface area contributed by atoms with Crippen molar-refractivity contribution in [3.63, 3.8) is 0 Å². The van der Waals surface area contributed by atoms with Crippen LogP contribution in [-0.4, -0.2) is 4.98 Å². The van der Waals surface area contributed by atoms with Gasteiger partial charge in [0.25, 0.3) is 5.22 Å². The minimum absolute atomic E-state index is 0.652. The molecule has 0 spiro atoms. The first-order valence-electron chi connectivity index (χ1n) is 5.17. The van der Waals surface area contributed by atoms with Crippen LogP contribution in [-0.2, 0) is 5.75 Å². The molecule has 0 fully saturated rings. The van der Waals surface area contributed by atoms with Crippen LogP contribution < -0.4 is 5.73 Å². The molecule has 0 atom stereocenters. The van der Waals surface area contributed by atoms with Crippen molar-refractivity contribution in [3.05, 3.63) is 40.2 Å². The van der Waals surface area contributed by atoms with Gasteiger partial charge in [0.2, 0.25) is 0 Å². The van der Waals surface area contributed by atoms with Gasteiger partial charge in [0.1, 0.15) is 5.76 Å². The Bertz CT molecular complexity index is 520. The van der Waals surface area contributed by atoms with Gasteiger partial charge in [-0.3, -0.25) is 0 Å². The molecule has 0 aliphatic rings. The van der Waals surface area contributed by atoms with Crippen LogP contribution in [0, 0.1) is 13.8 Å². The lowest BCUT2D eigenvalue weighted by Crippen LogP contribution is -1.92. The molecule has 0 bridgehead atoms. The summed E-state index contributed by atoms with van der Waals surface area (Å²) in [4.78, 5) is 4.30. The number of thioether (sulfide) groups is 1. The largest absolute Gasteiger partial charge is 0.437 e. The molecular weight excluding hydrogens is 256 g/mol. The molecule has 1 aromatic heterocycles. The van der Waals surface area contributed by atoms with E-state index in [0.717, 1.165) is 22.8 Å². The predicted molar refractivity (Wildman–Crippen MR) is 71.4 cm³/mol. The van der Waals surface area contributed by atoms with Crippen LogP contribution >= 0.6 is 23.4 Å². The Hall–Kier alpha value is -1.13. The van der Waals surface area contributed by atoms with Crippen molar-refractivity contribution in [1.29, 1.82) is 0 Å². The molecule has 1 heterocycles. The van der Waals surface area contributed by atoms with E-state index in [-0.39, 0.29) is 0 Å². The van der Waals surface area contributed by atoms with E-state index in [4.69, 9.17) is 21.8 Å². The number of anilines is 1. The molecular formula is C12H13ClN2OS. The fourth-order valence-corrected chi connectivity index (χ4v) is 2.45. The quantitative estimate of drug-likeness (QED) is 0.679. The van der Waals surface area contributed by atoms with Crippen molar-refractivity contribution in [3.8, 4) is 0 Å². The van der Waals surface area contributed by atoms with Gasteiger partial charge in [-0.2, -0.15) is 0 Å². The molecule has 5 heteroatoms. The van der Waals surface area contributed by atoms with Crippen molar-refractivity contribution in [2.75, 3.05) is 5.73 Å². The molecule has 1 aromatic carbocycles. The lowest BCUT2D eigenvalue weighted by atomic mass is 10.2. The van der Waals surface area contributed by atoms with E-state index in [0.29, 0.717) is 15.9 Å². The van der Waals surface area contributed by atoms with E-state index >= 15 is 0 Å². The smallest absolute Gasteiger partial charge is 0.256 e. The Morgan fingerprint density at radius 1 is 1.41 bits per heavy atom. The van der Waals surface area contributed by atoms with Gasteiger partial charge in [-0.15, -0.1) is 0 Å². The number of halogens is 1. The number of nitrogens with two attached hydrogens (primary N) is 1. The van der Waals surface area contributed by atoms with Gasteiger partial charge in [0, 0.05) is 16.5 Å². The van der Waals surface area contributed by atoms with Crippen molar-refractivity contribution in [1.82, 2.24) is 4.98 Å². The highest BCUT2D eigenvalue weighted by Gasteiger charge is 2.07. The fraction of sp³-hybridized carbons (Fsp3) is 0.250. The number of benzene rings is 1. The average Bonchev–Trinajstić information content (AvgIpc) is 2.57. The van der Waals surface area contributed by atoms with Gasteiger partial charge in [-0.25, -0.2) is 4.98 Å². The van der Waals surface area contributed by atoms with Crippen LogP contribution in [0.4, 0.5) is 5.69 Å². The lowest BCUT2D eigenvalue weighted by Gasteiger charge is -2.03. The summed E-state index contributed by atoms with van der Waals surface area (Å²) in [5.74, 6) is 1.58. The van der Waals surface area contributed by atoms with E-state index in [1.54, 1.807) is 6.07 Å². The molecule has 0 saturated heterocycles. The summed E-state index contributed by atoms with van der Waals surface area (Å²) >= 11 is 7.37. The zero-order chi connectivity index (χ0) is 12.4. The number of oxazole rings is 1. The Morgan fingerprint density at radius 2 is 2.18 bits per heavy atom. The Kier molecular flexibility index (Phi) is 3.64. The summed E-state index contributed by atoms with van der Waals surface area (Å²) < 4.78 is 5.48. The molecule has 0 aliphatic carbocycles.